The number of aryl methyl sites for hydroxylation is 1. The smallest absolute Gasteiger partial charge is 0.201 e. The molecular weight excluding hydrogens is 381 g/mol. The molecule has 0 saturated carbocycles. The Bertz CT molecular complexity index is 1120. The van der Waals surface area contributed by atoms with E-state index >= 15 is 0 Å². The monoisotopic (exact) mass is 398 g/mol. The Morgan fingerprint density at radius 3 is 2.62 bits per heavy atom. The number of aliphatic imine (C=N–C) groups is 1. The van der Waals surface area contributed by atoms with Crippen molar-refractivity contribution in [3.8, 4) is 5.75 Å². The Morgan fingerprint density at radius 2 is 1.97 bits per heavy atom. The molecule has 29 heavy (non-hydrogen) atoms. The molecule has 0 aliphatic carbocycles. The van der Waals surface area contributed by atoms with Crippen molar-refractivity contribution in [1.29, 1.82) is 0 Å². The van der Waals surface area contributed by atoms with E-state index in [1.54, 1.807) is 13.0 Å². The van der Waals surface area contributed by atoms with Crippen LogP contribution < -0.4 is 4.74 Å². The molecule has 1 N–H and O–H groups in total. The number of aromatic nitrogens is 1. The first-order chi connectivity index (χ1) is 13.9. The van der Waals surface area contributed by atoms with E-state index in [2.05, 4.69) is 23.3 Å². The van der Waals surface area contributed by atoms with Crippen LogP contribution in [0.4, 0.5) is 19.0 Å². The number of nitrogens with one attached hydrogen (secondary N) is 1. The second-order valence-electron chi connectivity index (χ2n) is 6.27. The number of ketones is 1. The minimum Gasteiger partial charge on any atom is -0.486 e. The molecule has 3 aromatic rings. The molecule has 1 aromatic heterocycles. The second-order valence-corrected chi connectivity index (χ2v) is 6.27. The highest BCUT2D eigenvalue weighted by molar-refractivity contribution is 6.12. The summed E-state index contributed by atoms with van der Waals surface area (Å²) in [6, 6.07) is 6.49. The highest BCUT2D eigenvalue weighted by Gasteiger charge is 2.26. The number of nitrogens with zero attached hydrogens (tertiary/aromatic N) is 1. The van der Waals surface area contributed by atoms with Gasteiger partial charge in [-0.2, -0.15) is 0 Å². The minimum absolute atomic E-state index is 0.0121. The molecule has 0 saturated heterocycles. The lowest BCUT2D eigenvalue weighted by Crippen LogP contribution is -2.10. The van der Waals surface area contributed by atoms with Crippen LogP contribution >= 0.6 is 0 Å². The van der Waals surface area contributed by atoms with Crippen molar-refractivity contribution in [2.24, 2.45) is 4.99 Å². The van der Waals surface area contributed by atoms with Crippen LogP contribution in [0.15, 0.2) is 48.1 Å². The van der Waals surface area contributed by atoms with Gasteiger partial charge in [0.15, 0.2) is 11.6 Å². The standard InChI is InChI=1S/C22H17F3N2O2/c1-4-14-15(10-27-22(14)26-3)21(28)19-16(23)7-8-18(20(19)25)29-11-13-6-5-12(2)9-17(13)24/h4-10,27H,1,3,11H2,2H3. The molecular formula is C22H17F3N2O2. The Hall–Kier alpha value is -3.61. The van der Waals surface area contributed by atoms with Gasteiger partial charge in [0.2, 0.25) is 5.78 Å². The summed E-state index contributed by atoms with van der Waals surface area (Å²) in [7, 11) is 0. The van der Waals surface area contributed by atoms with Gasteiger partial charge in [-0.15, -0.1) is 0 Å². The third-order valence-electron chi connectivity index (χ3n) is 4.38. The molecule has 1 heterocycles. The van der Waals surface area contributed by atoms with Crippen LogP contribution in [0.25, 0.3) is 6.08 Å². The zero-order chi connectivity index (χ0) is 21.1. The van der Waals surface area contributed by atoms with E-state index in [1.807, 2.05) is 0 Å². The molecule has 2 aromatic carbocycles. The van der Waals surface area contributed by atoms with Crippen molar-refractivity contribution in [2.45, 2.75) is 13.5 Å². The van der Waals surface area contributed by atoms with Crippen molar-refractivity contribution >= 4 is 24.4 Å². The molecule has 0 aliphatic heterocycles. The summed E-state index contributed by atoms with van der Waals surface area (Å²) in [5.74, 6) is -3.75. The summed E-state index contributed by atoms with van der Waals surface area (Å²) < 4.78 is 48.5. The second kappa shape index (κ2) is 8.18. The van der Waals surface area contributed by atoms with Crippen molar-refractivity contribution < 1.29 is 22.7 Å². The number of carbonyl (C=O) groups is 1. The average Bonchev–Trinajstić information content (AvgIpc) is 3.11. The summed E-state index contributed by atoms with van der Waals surface area (Å²) in [6.07, 6.45) is 2.61. The van der Waals surface area contributed by atoms with Gasteiger partial charge in [0, 0.05) is 22.9 Å². The van der Waals surface area contributed by atoms with Crippen LogP contribution in [0.1, 0.15) is 32.6 Å². The van der Waals surface area contributed by atoms with Crippen LogP contribution in [0.2, 0.25) is 0 Å². The average molecular weight is 398 g/mol. The zero-order valence-electron chi connectivity index (χ0n) is 15.6. The van der Waals surface area contributed by atoms with Gasteiger partial charge in [-0.25, -0.2) is 18.2 Å². The predicted molar refractivity (Wildman–Crippen MR) is 105 cm³/mol. The number of hydrogen-bond donors (Lipinski definition) is 1. The number of hydrogen-bond acceptors (Lipinski definition) is 3. The molecule has 0 bridgehead atoms. The summed E-state index contributed by atoms with van der Waals surface area (Å²) >= 11 is 0. The van der Waals surface area contributed by atoms with Gasteiger partial charge in [-0.3, -0.25) is 4.79 Å². The van der Waals surface area contributed by atoms with E-state index in [1.165, 1.54) is 24.4 Å². The highest BCUT2D eigenvalue weighted by Crippen LogP contribution is 2.30. The number of carbonyl (C=O) groups excluding carboxylic acids is 1. The first kappa shape index (κ1) is 20.1. The molecule has 0 radical (unpaired) electrons. The lowest BCUT2D eigenvalue weighted by molar-refractivity contribution is 0.102. The molecule has 7 heteroatoms. The quantitative estimate of drug-likeness (QED) is 0.421. The zero-order valence-corrected chi connectivity index (χ0v) is 15.6. The molecule has 0 fully saturated rings. The number of halogens is 3. The first-order valence-electron chi connectivity index (χ1n) is 8.58. The van der Waals surface area contributed by atoms with Gasteiger partial charge in [0.05, 0.1) is 5.56 Å². The normalized spacial score (nSPS) is 10.6. The number of H-pyrrole nitrogens is 1. The summed E-state index contributed by atoms with van der Waals surface area (Å²) in [5.41, 5.74) is 0.404. The molecule has 0 unspecified atom stereocenters. The molecule has 0 amide bonds. The fourth-order valence-electron chi connectivity index (χ4n) is 2.86. The largest absolute Gasteiger partial charge is 0.486 e. The Balaban J connectivity index is 1.95. The summed E-state index contributed by atoms with van der Waals surface area (Å²) in [6.45, 7) is 8.39. The van der Waals surface area contributed by atoms with E-state index in [9.17, 15) is 18.0 Å². The van der Waals surface area contributed by atoms with Gasteiger partial charge < -0.3 is 9.72 Å². The van der Waals surface area contributed by atoms with Gasteiger partial charge in [0.1, 0.15) is 24.1 Å². The molecule has 0 spiro atoms. The number of aromatic amines is 1. The van der Waals surface area contributed by atoms with E-state index in [4.69, 9.17) is 4.74 Å². The summed E-state index contributed by atoms with van der Waals surface area (Å²) in [5, 5.41) is 0. The van der Waals surface area contributed by atoms with Crippen molar-refractivity contribution in [3.05, 3.63) is 88.4 Å². The maximum absolute atomic E-state index is 14.9. The van der Waals surface area contributed by atoms with Crippen LogP contribution in [0, 0.1) is 24.4 Å². The molecule has 4 nitrogen and oxygen atoms in total. The van der Waals surface area contributed by atoms with Crippen molar-refractivity contribution in [2.75, 3.05) is 0 Å². The Morgan fingerprint density at radius 1 is 1.21 bits per heavy atom. The van der Waals surface area contributed by atoms with E-state index in [-0.39, 0.29) is 34.9 Å². The molecule has 148 valence electrons. The molecule has 3 rings (SSSR count). The van der Waals surface area contributed by atoms with Gasteiger partial charge in [-0.05, 0) is 37.4 Å². The van der Waals surface area contributed by atoms with Crippen molar-refractivity contribution in [3.63, 3.8) is 0 Å². The van der Waals surface area contributed by atoms with Crippen LogP contribution in [-0.2, 0) is 6.61 Å². The molecule has 0 atom stereocenters. The topological polar surface area (TPSA) is 54.5 Å². The van der Waals surface area contributed by atoms with E-state index in [0.717, 1.165) is 17.7 Å². The van der Waals surface area contributed by atoms with E-state index < -0.39 is 28.8 Å². The lowest BCUT2D eigenvalue weighted by atomic mass is 10.0. The number of rotatable bonds is 7. The Labute approximate surface area is 165 Å². The fourth-order valence-corrected chi connectivity index (χ4v) is 2.86. The number of ether oxygens (including phenoxy) is 1. The summed E-state index contributed by atoms with van der Waals surface area (Å²) in [4.78, 5) is 19.2. The first-order valence-corrected chi connectivity index (χ1v) is 8.58. The highest BCUT2D eigenvalue weighted by atomic mass is 19.1. The third kappa shape index (κ3) is 3.85. The number of benzene rings is 2. The van der Waals surface area contributed by atoms with Crippen LogP contribution in [0.5, 0.6) is 5.75 Å². The fraction of sp³-hybridized carbons (Fsp3) is 0.0909. The predicted octanol–water partition coefficient (Wildman–Crippen LogP) is 5.53. The SMILES string of the molecule is C=Cc1c(C(=O)c2c(F)ccc(OCc3ccc(C)cc3F)c2F)c[nH]c1N=C. The Kier molecular flexibility index (Phi) is 5.68. The van der Waals surface area contributed by atoms with E-state index in [0.29, 0.717) is 0 Å². The minimum atomic E-state index is -1.17. The van der Waals surface area contributed by atoms with Gasteiger partial charge in [-0.1, -0.05) is 24.8 Å². The molecule has 0 aliphatic rings. The van der Waals surface area contributed by atoms with Gasteiger partial charge in [0.25, 0.3) is 0 Å². The van der Waals surface area contributed by atoms with Crippen molar-refractivity contribution in [1.82, 2.24) is 4.98 Å². The maximum atomic E-state index is 14.9. The van der Waals surface area contributed by atoms with Crippen LogP contribution in [-0.4, -0.2) is 17.5 Å². The van der Waals surface area contributed by atoms with Gasteiger partial charge >= 0.3 is 0 Å². The lowest BCUT2D eigenvalue weighted by Gasteiger charge is -2.11. The third-order valence-corrected chi connectivity index (χ3v) is 4.38. The maximum Gasteiger partial charge on any atom is 0.201 e. The van der Waals surface area contributed by atoms with Crippen LogP contribution in [0.3, 0.4) is 0 Å².